The highest BCUT2D eigenvalue weighted by Gasteiger charge is 2.38. The first kappa shape index (κ1) is 13.1. The largest absolute Gasteiger partial charge is 0.378 e. The van der Waals surface area contributed by atoms with Crippen LogP contribution in [0.4, 0.5) is 0 Å². The fourth-order valence-corrected chi connectivity index (χ4v) is 3.40. The van der Waals surface area contributed by atoms with Crippen LogP contribution in [0.3, 0.4) is 0 Å². The minimum atomic E-state index is -0.180. The highest BCUT2D eigenvalue weighted by molar-refractivity contribution is 9.10. The molecular weight excluding hydrogens is 302 g/mol. The van der Waals surface area contributed by atoms with Crippen molar-refractivity contribution in [3.63, 3.8) is 0 Å². The Kier molecular flexibility index (Phi) is 4.22. The molecule has 0 bridgehead atoms. The van der Waals surface area contributed by atoms with Gasteiger partial charge in [-0.1, -0.05) is 0 Å². The van der Waals surface area contributed by atoms with E-state index in [1.165, 1.54) is 6.42 Å². The third kappa shape index (κ3) is 3.30. The van der Waals surface area contributed by atoms with Crippen molar-refractivity contribution in [3.05, 3.63) is 20.8 Å². The fraction of sp³-hybridized carbons (Fsp3) is 0.583. The Morgan fingerprint density at radius 1 is 1.65 bits per heavy atom. The number of thiophene rings is 1. The van der Waals surface area contributed by atoms with E-state index in [-0.39, 0.29) is 11.5 Å². The molecule has 1 N–H and O–H groups in total. The van der Waals surface area contributed by atoms with Gasteiger partial charge in [-0.05, 0) is 41.3 Å². The Labute approximate surface area is 114 Å². The first-order valence-corrected chi connectivity index (χ1v) is 7.36. The van der Waals surface area contributed by atoms with E-state index in [1.54, 1.807) is 18.4 Å². The Bertz CT molecular complexity index is 395. The summed E-state index contributed by atoms with van der Waals surface area (Å²) in [5.74, 6) is 0.0797. The molecule has 0 aromatic carbocycles. The molecule has 1 aromatic rings. The van der Waals surface area contributed by atoms with Crippen LogP contribution in [0.25, 0.3) is 0 Å². The molecule has 1 saturated carbocycles. The number of ether oxygens (including phenoxy) is 1. The van der Waals surface area contributed by atoms with E-state index >= 15 is 0 Å². The minimum Gasteiger partial charge on any atom is -0.378 e. The van der Waals surface area contributed by atoms with Crippen molar-refractivity contribution in [2.24, 2.45) is 0 Å². The second-order valence-electron chi connectivity index (χ2n) is 4.43. The van der Waals surface area contributed by atoms with E-state index in [2.05, 4.69) is 21.2 Å². The highest BCUT2D eigenvalue weighted by atomic mass is 79.9. The van der Waals surface area contributed by atoms with Crippen molar-refractivity contribution in [1.29, 1.82) is 0 Å². The molecule has 1 aliphatic rings. The Balaban J connectivity index is 1.77. The number of halogens is 1. The molecule has 5 heteroatoms. The Morgan fingerprint density at radius 2 is 2.41 bits per heavy atom. The number of carbonyl (C=O) groups is 1. The van der Waals surface area contributed by atoms with Crippen LogP contribution in [0, 0.1) is 0 Å². The summed E-state index contributed by atoms with van der Waals surface area (Å²) < 4.78 is 6.50. The summed E-state index contributed by atoms with van der Waals surface area (Å²) in [6.45, 7) is 0.606. The van der Waals surface area contributed by atoms with Gasteiger partial charge >= 0.3 is 0 Å². The van der Waals surface area contributed by atoms with Crippen LogP contribution < -0.4 is 5.32 Å². The standard InChI is InChI=1S/C12H16BrNO2S/c1-16-12(3-2-4-12)6-11(15)14-7-10-5-9(13)8-17-10/h5,8H,2-4,6-7H2,1H3,(H,14,15). The summed E-state index contributed by atoms with van der Waals surface area (Å²) in [4.78, 5) is 12.9. The van der Waals surface area contributed by atoms with E-state index in [0.29, 0.717) is 13.0 Å². The smallest absolute Gasteiger partial charge is 0.223 e. The zero-order valence-corrected chi connectivity index (χ0v) is 12.2. The molecule has 0 unspecified atom stereocenters. The van der Waals surface area contributed by atoms with E-state index in [4.69, 9.17) is 4.74 Å². The van der Waals surface area contributed by atoms with Crippen LogP contribution in [0.15, 0.2) is 15.9 Å². The Hall–Kier alpha value is -0.390. The molecule has 0 spiro atoms. The van der Waals surface area contributed by atoms with Gasteiger partial charge in [0, 0.05) is 21.8 Å². The lowest BCUT2D eigenvalue weighted by molar-refractivity contribution is -0.134. The number of nitrogens with one attached hydrogen (secondary N) is 1. The van der Waals surface area contributed by atoms with Crippen molar-refractivity contribution in [1.82, 2.24) is 5.32 Å². The lowest BCUT2D eigenvalue weighted by Crippen LogP contribution is -2.43. The lowest BCUT2D eigenvalue weighted by Gasteiger charge is -2.39. The van der Waals surface area contributed by atoms with E-state index in [0.717, 1.165) is 22.2 Å². The predicted molar refractivity (Wildman–Crippen MR) is 72.1 cm³/mol. The van der Waals surface area contributed by atoms with Gasteiger partial charge in [-0.3, -0.25) is 4.79 Å². The minimum absolute atomic E-state index is 0.0797. The van der Waals surface area contributed by atoms with Crippen LogP contribution >= 0.6 is 27.3 Å². The number of hydrogen-bond donors (Lipinski definition) is 1. The van der Waals surface area contributed by atoms with Gasteiger partial charge in [-0.25, -0.2) is 0 Å². The van der Waals surface area contributed by atoms with Gasteiger partial charge < -0.3 is 10.1 Å². The second kappa shape index (κ2) is 5.50. The van der Waals surface area contributed by atoms with Crippen LogP contribution in [-0.2, 0) is 16.1 Å². The molecule has 0 aliphatic heterocycles. The maximum atomic E-state index is 11.8. The quantitative estimate of drug-likeness (QED) is 0.906. The zero-order chi connectivity index (χ0) is 12.3. The summed E-state index contributed by atoms with van der Waals surface area (Å²) in [5.41, 5.74) is -0.180. The average Bonchev–Trinajstić information content (AvgIpc) is 2.67. The molecule has 1 amide bonds. The molecule has 1 aromatic heterocycles. The lowest BCUT2D eigenvalue weighted by atomic mass is 9.77. The van der Waals surface area contributed by atoms with Gasteiger partial charge in [0.05, 0.1) is 18.6 Å². The number of carbonyl (C=O) groups excluding carboxylic acids is 1. The highest BCUT2D eigenvalue weighted by Crippen LogP contribution is 2.37. The van der Waals surface area contributed by atoms with Crippen LogP contribution in [0.1, 0.15) is 30.6 Å². The van der Waals surface area contributed by atoms with Gasteiger partial charge in [0.1, 0.15) is 0 Å². The van der Waals surface area contributed by atoms with Gasteiger partial charge in [-0.2, -0.15) is 0 Å². The van der Waals surface area contributed by atoms with E-state index in [1.807, 2.05) is 11.4 Å². The maximum Gasteiger partial charge on any atom is 0.223 e. The molecule has 17 heavy (non-hydrogen) atoms. The average molecular weight is 318 g/mol. The van der Waals surface area contributed by atoms with E-state index < -0.39 is 0 Å². The molecule has 0 radical (unpaired) electrons. The molecule has 0 saturated heterocycles. The molecule has 2 rings (SSSR count). The summed E-state index contributed by atoms with van der Waals surface area (Å²) in [6, 6.07) is 2.03. The van der Waals surface area contributed by atoms with Gasteiger partial charge in [0.2, 0.25) is 5.91 Å². The van der Waals surface area contributed by atoms with E-state index in [9.17, 15) is 4.79 Å². The molecule has 3 nitrogen and oxygen atoms in total. The molecule has 1 heterocycles. The molecule has 0 atom stereocenters. The van der Waals surface area contributed by atoms with Crippen molar-refractivity contribution in [3.8, 4) is 0 Å². The summed E-state index contributed by atoms with van der Waals surface area (Å²) in [6.07, 6.45) is 3.65. The van der Waals surface area contributed by atoms with Crippen LogP contribution in [-0.4, -0.2) is 18.6 Å². The molecule has 1 fully saturated rings. The summed E-state index contributed by atoms with van der Waals surface area (Å²) in [7, 11) is 1.70. The second-order valence-corrected chi connectivity index (χ2v) is 6.34. The first-order chi connectivity index (χ1) is 8.13. The fourth-order valence-electron chi connectivity index (χ4n) is 2.01. The topological polar surface area (TPSA) is 38.3 Å². The number of amides is 1. The Morgan fingerprint density at radius 3 is 2.88 bits per heavy atom. The molecular formula is C12H16BrNO2S. The predicted octanol–water partition coefficient (Wildman–Crippen LogP) is 3.09. The van der Waals surface area contributed by atoms with Crippen LogP contribution in [0.5, 0.6) is 0 Å². The molecule has 1 aliphatic carbocycles. The monoisotopic (exact) mass is 317 g/mol. The molecule has 94 valence electrons. The SMILES string of the molecule is COC1(CC(=O)NCc2cc(Br)cs2)CCC1. The van der Waals surface area contributed by atoms with Gasteiger partial charge in [0.15, 0.2) is 0 Å². The van der Waals surface area contributed by atoms with Crippen molar-refractivity contribution in [2.75, 3.05) is 7.11 Å². The summed E-state index contributed by atoms with van der Waals surface area (Å²) >= 11 is 5.04. The number of hydrogen-bond acceptors (Lipinski definition) is 3. The van der Waals surface area contributed by atoms with Gasteiger partial charge in [0.25, 0.3) is 0 Å². The van der Waals surface area contributed by atoms with Crippen LogP contribution in [0.2, 0.25) is 0 Å². The third-order valence-electron chi connectivity index (χ3n) is 3.26. The normalized spacial score (nSPS) is 17.5. The van der Waals surface area contributed by atoms with Gasteiger partial charge in [-0.15, -0.1) is 11.3 Å². The summed E-state index contributed by atoms with van der Waals surface area (Å²) in [5, 5.41) is 4.96. The first-order valence-electron chi connectivity index (χ1n) is 5.68. The number of methoxy groups -OCH3 is 1. The van der Waals surface area contributed by atoms with Crippen molar-refractivity contribution in [2.45, 2.75) is 37.8 Å². The third-order valence-corrected chi connectivity index (χ3v) is 4.96. The number of rotatable bonds is 5. The van der Waals surface area contributed by atoms with Crippen molar-refractivity contribution < 1.29 is 9.53 Å². The zero-order valence-electron chi connectivity index (χ0n) is 9.79. The van der Waals surface area contributed by atoms with Crippen molar-refractivity contribution >= 4 is 33.2 Å². The maximum absolute atomic E-state index is 11.8.